The molecule has 0 saturated carbocycles. The molecule has 7 nitrogen and oxygen atoms in total. The molecule has 0 bridgehead atoms. The molecule has 0 N–H and O–H groups in total. The van der Waals surface area contributed by atoms with Crippen LogP contribution in [0.2, 0.25) is 0 Å². The minimum Gasteiger partial charge on any atom is -0.322 e. The zero-order chi connectivity index (χ0) is 14.0. The predicted octanol–water partition coefficient (Wildman–Crippen LogP) is 0.644. The minimum absolute atomic E-state index is 0. The van der Waals surface area contributed by atoms with Gasteiger partial charge in [-0.15, -0.1) is 0 Å². The molecule has 19 heavy (non-hydrogen) atoms. The molecule has 0 aromatic carbocycles. The quantitative estimate of drug-likeness (QED) is 0.607. The van der Waals surface area contributed by atoms with Crippen LogP contribution in [0.4, 0.5) is 9.59 Å². The van der Waals surface area contributed by atoms with Crippen LogP contribution in [0, 0.1) is 0 Å². The van der Waals surface area contributed by atoms with E-state index in [0.29, 0.717) is 6.54 Å². The Morgan fingerprint density at radius 3 is 1.37 bits per heavy atom. The van der Waals surface area contributed by atoms with Crippen molar-refractivity contribution in [3.8, 4) is 0 Å². The summed E-state index contributed by atoms with van der Waals surface area (Å²) >= 11 is 0. The number of hydrogen-bond acceptors (Lipinski definition) is 3. The molecule has 0 unspecified atom stereocenters. The van der Waals surface area contributed by atoms with Gasteiger partial charge in [0.25, 0.3) is 0 Å². The summed E-state index contributed by atoms with van der Waals surface area (Å²) in [6.45, 7) is 4.58. The summed E-state index contributed by atoms with van der Waals surface area (Å²) < 4.78 is 0. The van der Waals surface area contributed by atoms with Gasteiger partial charge >= 0.3 is 12.1 Å². The van der Waals surface area contributed by atoms with Crippen molar-refractivity contribution in [2.45, 2.75) is 7.43 Å². The molecule has 0 spiro atoms. The summed E-state index contributed by atoms with van der Waals surface area (Å²) in [7, 11) is 6.57. The topological polar surface area (TPSA) is 64.2 Å². The van der Waals surface area contributed by atoms with E-state index in [-0.39, 0.29) is 31.9 Å². The van der Waals surface area contributed by atoms with Crippen molar-refractivity contribution >= 4 is 18.0 Å². The van der Waals surface area contributed by atoms with Crippen LogP contribution in [0.25, 0.3) is 0 Å². The molecular formula is C12H22N4O3. The van der Waals surface area contributed by atoms with Crippen LogP contribution in [-0.4, -0.2) is 78.8 Å². The molecule has 0 radical (unpaired) electrons. The Balaban J connectivity index is 0.000000324. The summed E-state index contributed by atoms with van der Waals surface area (Å²) in [6, 6.07) is -0.194. The monoisotopic (exact) mass is 270 g/mol. The fourth-order valence-electron chi connectivity index (χ4n) is 1.58. The zero-order valence-electron chi connectivity index (χ0n) is 11.1. The van der Waals surface area contributed by atoms with E-state index >= 15 is 0 Å². The maximum absolute atomic E-state index is 10.9. The summed E-state index contributed by atoms with van der Waals surface area (Å²) in [5.41, 5.74) is 0.863. The molecule has 2 rings (SSSR count). The Hall–Kier alpha value is -2.05. The van der Waals surface area contributed by atoms with Crippen molar-refractivity contribution in [3.63, 3.8) is 0 Å². The normalized spacial score (nSPS) is 18.7. The van der Waals surface area contributed by atoms with E-state index in [9.17, 15) is 14.4 Å². The Morgan fingerprint density at radius 2 is 1.26 bits per heavy atom. The third-order valence-corrected chi connectivity index (χ3v) is 2.87. The van der Waals surface area contributed by atoms with Crippen LogP contribution in [-0.2, 0) is 4.79 Å². The first-order valence-electron chi connectivity index (χ1n) is 5.44. The van der Waals surface area contributed by atoms with Gasteiger partial charge in [-0.1, -0.05) is 14.0 Å². The molecule has 2 heterocycles. The Kier molecular flexibility index (Phi) is 5.54. The lowest BCUT2D eigenvalue weighted by Gasteiger charge is -2.07. The lowest BCUT2D eigenvalue weighted by Crippen LogP contribution is -2.27. The predicted molar refractivity (Wildman–Crippen MR) is 72.5 cm³/mol. The van der Waals surface area contributed by atoms with Gasteiger partial charge in [0.2, 0.25) is 5.91 Å². The first-order chi connectivity index (χ1) is 8.25. The number of imide groups is 1. The molecule has 0 aromatic heterocycles. The minimum atomic E-state index is -0.222. The van der Waals surface area contributed by atoms with Crippen LogP contribution < -0.4 is 0 Å². The van der Waals surface area contributed by atoms with Crippen molar-refractivity contribution in [2.24, 2.45) is 0 Å². The number of carbonyl (C=O) groups is 3. The standard InChI is InChI=1S/C6H10N2O.C5H8N2O2.CH4/c1-5-4-7(2)6(9)8(5)3;1-6-3-4(8)7(2)5(6)9;/h1,4H2,2-3H3;3H2,1-2H3;1H4. The van der Waals surface area contributed by atoms with Crippen molar-refractivity contribution in [1.82, 2.24) is 19.6 Å². The van der Waals surface area contributed by atoms with Crippen LogP contribution >= 0.6 is 0 Å². The van der Waals surface area contributed by atoms with Gasteiger partial charge in [0.05, 0.1) is 6.54 Å². The maximum atomic E-state index is 10.9. The summed E-state index contributed by atoms with van der Waals surface area (Å²) in [6.07, 6.45) is 0. The van der Waals surface area contributed by atoms with Gasteiger partial charge < -0.3 is 9.80 Å². The molecule has 0 atom stereocenters. The number of rotatable bonds is 0. The Bertz CT molecular complexity index is 370. The number of urea groups is 2. The van der Waals surface area contributed by atoms with Crippen LogP contribution in [0.5, 0.6) is 0 Å². The maximum Gasteiger partial charge on any atom is 0.326 e. The first kappa shape index (κ1) is 16.9. The molecule has 0 aliphatic carbocycles. The third-order valence-electron chi connectivity index (χ3n) is 2.87. The lowest BCUT2D eigenvalue weighted by molar-refractivity contribution is -0.124. The smallest absolute Gasteiger partial charge is 0.322 e. The summed E-state index contributed by atoms with van der Waals surface area (Å²) in [5.74, 6) is -0.137. The third kappa shape index (κ3) is 3.46. The highest BCUT2D eigenvalue weighted by molar-refractivity contribution is 6.01. The Labute approximate surface area is 114 Å². The van der Waals surface area contributed by atoms with Crippen molar-refractivity contribution in [2.75, 3.05) is 41.3 Å². The fraction of sp³-hybridized carbons (Fsp3) is 0.583. The number of likely N-dealkylation sites (N-methyl/N-ethyl adjacent to an activating group) is 4. The average Bonchev–Trinajstić information content (AvgIpc) is 2.66. The second kappa shape index (κ2) is 6.21. The molecule has 0 aromatic rings. The molecule has 108 valence electrons. The van der Waals surface area contributed by atoms with E-state index in [0.717, 1.165) is 10.6 Å². The molecule has 2 aliphatic heterocycles. The number of amides is 5. The zero-order valence-corrected chi connectivity index (χ0v) is 11.1. The number of carbonyl (C=O) groups excluding carboxylic acids is 3. The first-order valence-corrected chi connectivity index (χ1v) is 5.44. The largest absolute Gasteiger partial charge is 0.326 e. The van der Waals surface area contributed by atoms with Crippen molar-refractivity contribution in [3.05, 3.63) is 12.3 Å². The van der Waals surface area contributed by atoms with Crippen molar-refractivity contribution in [1.29, 1.82) is 0 Å². The molecule has 7 heteroatoms. The van der Waals surface area contributed by atoms with E-state index in [2.05, 4.69) is 6.58 Å². The SMILES string of the molecule is C.C=C1CN(C)C(=O)N1C.CN1CC(=O)N(C)C1=O. The van der Waals surface area contributed by atoms with E-state index in [4.69, 9.17) is 0 Å². The lowest BCUT2D eigenvalue weighted by atomic mass is 10.5. The van der Waals surface area contributed by atoms with Gasteiger partial charge in [-0.25, -0.2) is 9.59 Å². The van der Waals surface area contributed by atoms with Gasteiger partial charge in [-0.2, -0.15) is 0 Å². The highest BCUT2D eigenvalue weighted by Gasteiger charge is 2.29. The van der Waals surface area contributed by atoms with Crippen LogP contribution in [0.3, 0.4) is 0 Å². The van der Waals surface area contributed by atoms with E-state index in [1.54, 1.807) is 30.9 Å². The average molecular weight is 270 g/mol. The van der Waals surface area contributed by atoms with Crippen LogP contribution in [0.15, 0.2) is 12.3 Å². The van der Waals surface area contributed by atoms with Gasteiger partial charge in [0, 0.05) is 33.9 Å². The molecule has 2 aliphatic rings. The Morgan fingerprint density at radius 1 is 0.842 bits per heavy atom. The van der Waals surface area contributed by atoms with Gasteiger partial charge in [0.15, 0.2) is 0 Å². The second-order valence-electron chi connectivity index (χ2n) is 4.36. The second-order valence-corrected chi connectivity index (χ2v) is 4.36. The van der Waals surface area contributed by atoms with E-state index in [1.807, 2.05) is 0 Å². The molecule has 5 amide bonds. The van der Waals surface area contributed by atoms with E-state index < -0.39 is 0 Å². The highest BCUT2D eigenvalue weighted by atomic mass is 16.2. The van der Waals surface area contributed by atoms with Crippen molar-refractivity contribution < 1.29 is 14.4 Å². The summed E-state index contributed by atoms with van der Waals surface area (Å²) in [5, 5.41) is 0. The fourth-order valence-corrected chi connectivity index (χ4v) is 1.58. The molecule has 2 saturated heterocycles. The van der Waals surface area contributed by atoms with Crippen LogP contribution in [0.1, 0.15) is 7.43 Å². The summed E-state index contributed by atoms with van der Waals surface area (Å²) in [4.78, 5) is 38.0. The van der Waals surface area contributed by atoms with Gasteiger partial charge in [-0.05, 0) is 0 Å². The number of nitrogens with zero attached hydrogens (tertiary/aromatic N) is 4. The van der Waals surface area contributed by atoms with Gasteiger partial charge in [0.1, 0.15) is 6.54 Å². The number of hydrogen-bond donors (Lipinski definition) is 0. The molecule has 2 fully saturated rings. The van der Waals surface area contributed by atoms with Gasteiger partial charge in [-0.3, -0.25) is 14.6 Å². The highest BCUT2D eigenvalue weighted by Crippen LogP contribution is 2.11. The van der Waals surface area contributed by atoms with E-state index in [1.165, 1.54) is 11.9 Å². The molecular weight excluding hydrogens is 248 g/mol.